The van der Waals surface area contributed by atoms with Crippen LogP contribution in [0.1, 0.15) is 66.2 Å². The zero-order chi connectivity index (χ0) is 27.7. The Balaban J connectivity index is 2.02. The van der Waals surface area contributed by atoms with Crippen molar-refractivity contribution in [2.75, 3.05) is 6.54 Å². The molecule has 0 aromatic carbocycles. The minimum atomic E-state index is -5.18. The molecule has 6 atom stereocenters. The van der Waals surface area contributed by atoms with Gasteiger partial charge in [0.25, 0.3) is 0 Å². The summed E-state index contributed by atoms with van der Waals surface area (Å²) in [6.45, 7) is 7.16. The summed E-state index contributed by atoms with van der Waals surface area (Å²) in [4.78, 5) is 53.0. The van der Waals surface area contributed by atoms with E-state index < -0.39 is 53.4 Å². The largest absolute Gasteiger partial charge is 0.471 e. The molecule has 3 aliphatic rings. The third-order valence-corrected chi connectivity index (χ3v) is 8.07. The number of fused-ring (bicyclic) bond motifs is 3. The molecule has 0 aromatic rings. The molecular formula is C25H36F3N5O4. The minimum Gasteiger partial charge on any atom is -0.353 e. The fraction of sp³-hybridized carbons (Fsp3) is 0.800. The second kappa shape index (κ2) is 10.9. The van der Waals surface area contributed by atoms with Gasteiger partial charge in [-0.1, -0.05) is 34.1 Å². The van der Waals surface area contributed by atoms with Gasteiger partial charge < -0.3 is 20.9 Å². The van der Waals surface area contributed by atoms with Crippen molar-refractivity contribution >= 4 is 23.6 Å². The van der Waals surface area contributed by atoms with E-state index in [0.29, 0.717) is 32.1 Å². The molecule has 0 saturated carbocycles. The molecule has 3 fully saturated rings. The summed E-state index contributed by atoms with van der Waals surface area (Å²) >= 11 is 0. The summed E-state index contributed by atoms with van der Waals surface area (Å²) < 4.78 is 39.7. The van der Waals surface area contributed by atoms with Crippen LogP contribution in [0.15, 0.2) is 0 Å². The van der Waals surface area contributed by atoms with E-state index in [-0.39, 0.29) is 36.8 Å². The molecule has 3 saturated heterocycles. The van der Waals surface area contributed by atoms with Gasteiger partial charge in [0.2, 0.25) is 17.7 Å². The summed E-state index contributed by atoms with van der Waals surface area (Å²) in [5, 5.41) is 17.2. The van der Waals surface area contributed by atoms with Crippen LogP contribution in [0.5, 0.6) is 0 Å². The van der Waals surface area contributed by atoms with E-state index in [1.807, 2.05) is 25.2 Å². The average molecular weight is 528 g/mol. The van der Waals surface area contributed by atoms with Gasteiger partial charge in [-0.15, -0.1) is 0 Å². The Labute approximate surface area is 214 Å². The standard InChI is InChI=1S/C25H36F3N5O4/c1-13(2)17-7-9-33-18(17)21(35)31-16(12-29)11-14-10-15(30-20(14)34)6-5-8-24(3,4)19(22(33)36)32-23(37)25(26,27)28/h13-19H,5-11H2,1-4H3,(H,30,34)(H,31,35)(H,32,37)/t14?,15-,16+,17?,18+,19-/m1/s1. The lowest BCUT2D eigenvalue weighted by atomic mass is 9.78. The maximum absolute atomic E-state index is 13.8. The molecule has 3 rings (SSSR count). The number of alkyl halides is 3. The van der Waals surface area contributed by atoms with Crippen LogP contribution in [0.3, 0.4) is 0 Å². The first kappa shape index (κ1) is 28.7. The van der Waals surface area contributed by atoms with Crippen LogP contribution in [0, 0.1) is 34.5 Å². The molecule has 12 heteroatoms. The van der Waals surface area contributed by atoms with Crippen molar-refractivity contribution in [3.63, 3.8) is 0 Å². The van der Waals surface area contributed by atoms with E-state index in [0.717, 1.165) is 0 Å². The van der Waals surface area contributed by atoms with Gasteiger partial charge in [0.05, 0.1) is 6.07 Å². The van der Waals surface area contributed by atoms with E-state index in [1.54, 1.807) is 13.8 Å². The normalized spacial score (nSPS) is 33.1. The van der Waals surface area contributed by atoms with Crippen molar-refractivity contribution in [1.82, 2.24) is 20.9 Å². The number of nitriles is 1. The third-order valence-electron chi connectivity index (χ3n) is 8.07. The number of nitrogens with zero attached hydrogens (tertiary/aromatic N) is 2. The van der Waals surface area contributed by atoms with Gasteiger partial charge >= 0.3 is 12.1 Å². The lowest BCUT2D eigenvalue weighted by Gasteiger charge is -2.39. The molecule has 2 bridgehead atoms. The average Bonchev–Trinajstić information content (AvgIpc) is 3.38. The minimum absolute atomic E-state index is 0.0336. The Morgan fingerprint density at radius 1 is 1.14 bits per heavy atom. The SMILES string of the molecule is CC(C)C1CCN2C(=O)[C@@H](NC(=O)C(F)(F)F)C(C)(C)CCC[C@@H]3CC(C[C@@H](C#N)NC(=O)[C@H]12)C(=O)N3. The number of rotatable bonds is 2. The predicted molar refractivity (Wildman–Crippen MR) is 126 cm³/mol. The van der Waals surface area contributed by atoms with Gasteiger partial charge in [-0.05, 0) is 49.4 Å². The lowest BCUT2D eigenvalue weighted by molar-refractivity contribution is -0.176. The third kappa shape index (κ3) is 6.36. The number of hydrogen-bond acceptors (Lipinski definition) is 5. The number of nitrogens with one attached hydrogen (secondary N) is 3. The van der Waals surface area contributed by atoms with Crippen molar-refractivity contribution in [3.8, 4) is 6.07 Å². The Hall–Kier alpha value is -2.84. The highest BCUT2D eigenvalue weighted by atomic mass is 19.4. The Kier molecular flexibility index (Phi) is 8.44. The van der Waals surface area contributed by atoms with Gasteiger partial charge in [-0.3, -0.25) is 19.2 Å². The first-order valence-electron chi connectivity index (χ1n) is 12.8. The summed E-state index contributed by atoms with van der Waals surface area (Å²) in [6.07, 6.45) is -2.79. The van der Waals surface area contributed by atoms with Crippen molar-refractivity contribution in [1.29, 1.82) is 5.26 Å². The molecule has 0 radical (unpaired) electrons. The topological polar surface area (TPSA) is 131 Å². The second-order valence-electron chi connectivity index (χ2n) is 11.5. The van der Waals surface area contributed by atoms with Crippen molar-refractivity contribution in [3.05, 3.63) is 0 Å². The molecule has 3 heterocycles. The van der Waals surface area contributed by atoms with Crippen LogP contribution in [0.25, 0.3) is 0 Å². The number of carbonyl (C=O) groups is 4. The molecule has 0 spiro atoms. The Morgan fingerprint density at radius 2 is 1.81 bits per heavy atom. The summed E-state index contributed by atoms with van der Waals surface area (Å²) in [6, 6.07) is -1.65. The van der Waals surface area contributed by atoms with Crippen LogP contribution in [-0.4, -0.2) is 65.4 Å². The molecule has 37 heavy (non-hydrogen) atoms. The van der Waals surface area contributed by atoms with Crippen LogP contribution in [0.4, 0.5) is 13.2 Å². The maximum atomic E-state index is 13.8. The van der Waals surface area contributed by atoms with Gasteiger partial charge in [-0.2, -0.15) is 18.4 Å². The van der Waals surface area contributed by atoms with E-state index in [2.05, 4.69) is 10.6 Å². The van der Waals surface area contributed by atoms with Crippen molar-refractivity contribution in [2.24, 2.45) is 23.2 Å². The maximum Gasteiger partial charge on any atom is 0.471 e. The van der Waals surface area contributed by atoms with Gasteiger partial charge in [-0.25, -0.2) is 0 Å². The monoisotopic (exact) mass is 527 g/mol. The smallest absolute Gasteiger partial charge is 0.353 e. The van der Waals surface area contributed by atoms with Crippen LogP contribution in [0.2, 0.25) is 0 Å². The van der Waals surface area contributed by atoms with E-state index in [1.165, 1.54) is 4.90 Å². The second-order valence-corrected chi connectivity index (χ2v) is 11.5. The highest BCUT2D eigenvalue weighted by Gasteiger charge is 2.50. The Bertz CT molecular complexity index is 961. The van der Waals surface area contributed by atoms with Gasteiger partial charge in [0.15, 0.2) is 0 Å². The van der Waals surface area contributed by atoms with Crippen molar-refractivity contribution in [2.45, 2.75) is 96.6 Å². The van der Waals surface area contributed by atoms with E-state index in [4.69, 9.17) is 0 Å². The first-order chi connectivity index (χ1) is 17.2. The number of halogens is 3. The fourth-order valence-electron chi connectivity index (χ4n) is 5.92. The molecule has 4 amide bonds. The summed E-state index contributed by atoms with van der Waals surface area (Å²) in [5.74, 6) is -4.52. The highest BCUT2D eigenvalue weighted by molar-refractivity contribution is 5.94. The van der Waals surface area contributed by atoms with Gasteiger partial charge in [0, 0.05) is 18.5 Å². The molecule has 9 nitrogen and oxygen atoms in total. The summed E-state index contributed by atoms with van der Waals surface area (Å²) in [5.41, 5.74) is -1.08. The highest BCUT2D eigenvalue weighted by Crippen LogP contribution is 2.36. The molecule has 3 N–H and O–H groups in total. The van der Waals surface area contributed by atoms with Gasteiger partial charge in [0.1, 0.15) is 18.1 Å². The van der Waals surface area contributed by atoms with Crippen molar-refractivity contribution < 1.29 is 32.3 Å². The molecule has 0 aliphatic carbocycles. The number of hydrogen-bond donors (Lipinski definition) is 3. The quantitative estimate of drug-likeness (QED) is 0.506. The molecular weight excluding hydrogens is 491 g/mol. The predicted octanol–water partition coefficient (Wildman–Crippen LogP) is 2.02. The summed E-state index contributed by atoms with van der Waals surface area (Å²) in [7, 11) is 0. The molecule has 206 valence electrons. The fourth-order valence-corrected chi connectivity index (χ4v) is 5.92. The molecule has 3 aliphatic heterocycles. The lowest BCUT2D eigenvalue weighted by Crippen LogP contribution is -2.61. The zero-order valence-electron chi connectivity index (χ0n) is 21.7. The van der Waals surface area contributed by atoms with E-state index in [9.17, 15) is 37.6 Å². The molecule has 0 aromatic heterocycles. The first-order valence-corrected chi connectivity index (χ1v) is 12.8. The molecule has 2 unspecified atom stereocenters. The zero-order valence-corrected chi connectivity index (χ0v) is 21.7. The Morgan fingerprint density at radius 3 is 2.41 bits per heavy atom. The van der Waals surface area contributed by atoms with E-state index >= 15 is 0 Å². The number of carbonyl (C=O) groups excluding carboxylic acids is 4. The van der Waals surface area contributed by atoms with Crippen LogP contribution >= 0.6 is 0 Å². The van der Waals surface area contributed by atoms with Crippen LogP contribution in [-0.2, 0) is 19.2 Å². The number of amides is 4. The van der Waals surface area contributed by atoms with Crippen LogP contribution < -0.4 is 16.0 Å².